The number of anilines is 2. The molecule has 0 radical (unpaired) electrons. The molecule has 1 aliphatic rings. The molecule has 1 aliphatic heterocycles. The van der Waals surface area contributed by atoms with Crippen LogP contribution in [0, 0.1) is 0 Å². The van der Waals surface area contributed by atoms with E-state index in [1.54, 1.807) is 11.3 Å². The van der Waals surface area contributed by atoms with E-state index in [1.165, 1.54) is 30.6 Å². The van der Waals surface area contributed by atoms with Gasteiger partial charge in [0.2, 0.25) is 0 Å². The zero-order valence-corrected chi connectivity index (χ0v) is 15.5. The second-order valence-corrected chi connectivity index (χ2v) is 7.71. The number of hydrogen-bond donors (Lipinski definition) is 2. The van der Waals surface area contributed by atoms with Crippen LogP contribution < -0.4 is 16.0 Å². The van der Waals surface area contributed by atoms with Gasteiger partial charge in [0.15, 0.2) is 0 Å². The lowest BCUT2D eigenvalue weighted by Crippen LogP contribution is -2.32. The fraction of sp³-hybridized carbons (Fsp3) is 0.474. The molecule has 0 spiro atoms. The van der Waals surface area contributed by atoms with Crippen molar-refractivity contribution in [1.29, 1.82) is 0 Å². The molecule has 5 heteroatoms. The predicted octanol–water partition coefficient (Wildman–Crippen LogP) is 3.52. The van der Waals surface area contributed by atoms with Crippen molar-refractivity contribution in [2.24, 2.45) is 5.73 Å². The summed E-state index contributed by atoms with van der Waals surface area (Å²) >= 11 is 1.69. The van der Waals surface area contributed by atoms with Gasteiger partial charge in [-0.15, -0.1) is 11.3 Å². The maximum atomic E-state index is 6.25. The highest BCUT2D eigenvalue weighted by Crippen LogP contribution is 2.31. The molecule has 130 valence electrons. The summed E-state index contributed by atoms with van der Waals surface area (Å²) in [6, 6.07) is 10.8. The van der Waals surface area contributed by atoms with Gasteiger partial charge in [0, 0.05) is 29.3 Å². The Morgan fingerprint density at radius 3 is 2.96 bits per heavy atom. The van der Waals surface area contributed by atoms with E-state index in [4.69, 9.17) is 5.73 Å². The second-order valence-electron chi connectivity index (χ2n) is 6.73. The molecule has 1 aromatic heterocycles. The fourth-order valence-electron chi connectivity index (χ4n) is 3.29. The summed E-state index contributed by atoms with van der Waals surface area (Å²) in [5, 5.41) is 5.50. The van der Waals surface area contributed by atoms with E-state index in [0.717, 1.165) is 30.1 Å². The summed E-state index contributed by atoms with van der Waals surface area (Å²) in [7, 11) is 4.28. The smallest absolute Gasteiger partial charge is 0.110 e. The monoisotopic (exact) mass is 344 g/mol. The van der Waals surface area contributed by atoms with Crippen molar-refractivity contribution in [3.8, 4) is 0 Å². The average Bonchev–Trinajstić information content (AvgIpc) is 3.09. The van der Waals surface area contributed by atoms with E-state index in [9.17, 15) is 0 Å². The van der Waals surface area contributed by atoms with E-state index in [0.29, 0.717) is 0 Å². The molecule has 0 fully saturated rings. The molecular weight excluding hydrogens is 316 g/mol. The van der Waals surface area contributed by atoms with E-state index in [-0.39, 0.29) is 6.17 Å². The fourth-order valence-corrected chi connectivity index (χ4v) is 3.97. The van der Waals surface area contributed by atoms with Crippen molar-refractivity contribution in [3.63, 3.8) is 0 Å². The average molecular weight is 345 g/mol. The van der Waals surface area contributed by atoms with Crippen molar-refractivity contribution < 1.29 is 0 Å². The number of nitrogens with one attached hydrogen (secondary N) is 1. The SMILES string of the molecule is CN(C)CCCN1CCCc2cc(NC(N)c3cccs3)ccc21. The summed E-state index contributed by atoms with van der Waals surface area (Å²) in [5.74, 6) is 0. The molecule has 0 saturated heterocycles. The zero-order chi connectivity index (χ0) is 16.9. The Labute approximate surface area is 149 Å². The Morgan fingerprint density at radius 2 is 2.21 bits per heavy atom. The van der Waals surface area contributed by atoms with Gasteiger partial charge in [0.1, 0.15) is 6.17 Å². The van der Waals surface area contributed by atoms with Crippen LogP contribution >= 0.6 is 11.3 Å². The molecule has 3 N–H and O–H groups in total. The number of rotatable bonds is 7. The Balaban J connectivity index is 1.66. The van der Waals surface area contributed by atoms with Crippen molar-refractivity contribution in [1.82, 2.24) is 4.90 Å². The number of thiophene rings is 1. The lowest BCUT2D eigenvalue weighted by molar-refractivity contribution is 0.399. The Morgan fingerprint density at radius 1 is 1.33 bits per heavy atom. The Kier molecular flexibility index (Phi) is 5.76. The molecule has 0 amide bonds. The molecule has 1 aromatic carbocycles. The van der Waals surface area contributed by atoms with Gasteiger partial charge in [0.05, 0.1) is 0 Å². The number of aryl methyl sites for hydroxylation is 1. The molecule has 0 bridgehead atoms. The highest BCUT2D eigenvalue weighted by atomic mass is 32.1. The first-order valence-electron chi connectivity index (χ1n) is 8.71. The van der Waals surface area contributed by atoms with E-state index >= 15 is 0 Å². The number of fused-ring (bicyclic) bond motifs is 1. The van der Waals surface area contributed by atoms with Crippen molar-refractivity contribution in [3.05, 3.63) is 46.2 Å². The van der Waals surface area contributed by atoms with Crippen LogP contribution in [0.5, 0.6) is 0 Å². The van der Waals surface area contributed by atoms with Crippen LogP contribution in [0.1, 0.15) is 29.4 Å². The molecule has 0 aliphatic carbocycles. The molecule has 2 aromatic rings. The van der Waals surface area contributed by atoms with Crippen molar-refractivity contribution >= 4 is 22.7 Å². The molecule has 0 saturated carbocycles. The highest BCUT2D eigenvalue weighted by molar-refractivity contribution is 7.10. The summed E-state index contributed by atoms with van der Waals surface area (Å²) in [4.78, 5) is 5.95. The van der Waals surface area contributed by atoms with Crippen LogP contribution in [-0.2, 0) is 6.42 Å². The van der Waals surface area contributed by atoms with E-state index in [2.05, 4.69) is 58.9 Å². The molecule has 2 heterocycles. The standard InChI is InChI=1S/C19H28N4S/c1-22(2)10-5-12-23-11-3-6-15-14-16(8-9-17(15)23)21-19(20)18-7-4-13-24-18/h4,7-9,13-14,19,21H,3,5-6,10-12,20H2,1-2H3. The van der Waals surface area contributed by atoms with Gasteiger partial charge in [0.25, 0.3) is 0 Å². The highest BCUT2D eigenvalue weighted by Gasteiger charge is 2.17. The summed E-state index contributed by atoms with van der Waals surface area (Å²) in [6.07, 6.45) is 3.46. The van der Waals surface area contributed by atoms with Crippen molar-refractivity contribution in [2.45, 2.75) is 25.4 Å². The van der Waals surface area contributed by atoms with Crippen LogP contribution in [0.25, 0.3) is 0 Å². The zero-order valence-electron chi connectivity index (χ0n) is 14.7. The minimum atomic E-state index is -0.136. The quantitative estimate of drug-likeness (QED) is 0.754. The summed E-state index contributed by atoms with van der Waals surface area (Å²) < 4.78 is 0. The third kappa shape index (κ3) is 4.29. The van der Waals surface area contributed by atoms with Gasteiger partial charge in [-0.3, -0.25) is 0 Å². The first-order chi connectivity index (χ1) is 11.6. The third-order valence-electron chi connectivity index (χ3n) is 4.50. The van der Waals surface area contributed by atoms with E-state index in [1.807, 2.05) is 6.07 Å². The first-order valence-corrected chi connectivity index (χ1v) is 9.59. The normalized spacial score (nSPS) is 15.4. The van der Waals surface area contributed by atoms with Crippen molar-refractivity contribution in [2.75, 3.05) is 43.9 Å². The molecule has 3 rings (SSSR count). The number of benzene rings is 1. The van der Waals surface area contributed by atoms with Gasteiger partial charge in [-0.05, 0) is 75.1 Å². The summed E-state index contributed by atoms with van der Waals surface area (Å²) in [5.41, 5.74) is 10.2. The minimum absolute atomic E-state index is 0.136. The number of nitrogens with zero attached hydrogens (tertiary/aromatic N) is 2. The van der Waals surface area contributed by atoms with Gasteiger partial charge in [-0.1, -0.05) is 6.07 Å². The van der Waals surface area contributed by atoms with E-state index < -0.39 is 0 Å². The number of nitrogens with two attached hydrogens (primary N) is 1. The minimum Gasteiger partial charge on any atom is -0.371 e. The molecule has 4 nitrogen and oxygen atoms in total. The predicted molar refractivity (Wildman–Crippen MR) is 105 cm³/mol. The number of hydrogen-bond acceptors (Lipinski definition) is 5. The lowest BCUT2D eigenvalue weighted by atomic mass is 10.0. The first kappa shape index (κ1) is 17.3. The molecule has 1 atom stereocenters. The van der Waals surface area contributed by atoms with Gasteiger partial charge >= 0.3 is 0 Å². The van der Waals surface area contributed by atoms with Gasteiger partial charge in [-0.2, -0.15) is 0 Å². The van der Waals surface area contributed by atoms with Crippen LogP contribution in [0.15, 0.2) is 35.7 Å². The largest absolute Gasteiger partial charge is 0.371 e. The molecule has 24 heavy (non-hydrogen) atoms. The molecular formula is C19H28N4S. The molecule has 1 unspecified atom stereocenters. The third-order valence-corrected chi connectivity index (χ3v) is 5.45. The maximum absolute atomic E-state index is 6.25. The van der Waals surface area contributed by atoms with Crippen LogP contribution in [-0.4, -0.2) is 38.6 Å². The van der Waals surface area contributed by atoms with Gasteiger partial charge in [-0.25, -0.2) is 0 Å². The maximum Gasteiger partial charge on any atom is 0.110 e. The lowest BCUT2D eigenvalue weighted by Gasteiger charge is -2.32. The Bertz CT molecular complexity index is 639. The van der Waals surface area contributed by atoms with Crippen LogP contribution in [0.3, 0.4) is 0 Å². The van der Waals surface area contributed by atoms with Gasteiger partial charge < -0.3 is 20.9 Å². The van der Waals surface area contributed by atoms with Crippen LogP contribution in [0.2, 0.25) is 0 Å². The topological polar surface area (TPSA) is 44.5 Å². The summed E-state index contributed by atoms with van der Waals surface area (Å²) in [6.45, 7) is 3.44. The second kappa shape index (κ2) is 8.01. The van der Waals surface area contributed by atoms with Crippen LogP contribution in [0.4, 0.5) is 11.4 Å². The Hall–Kier alpha value is -1.56.